The lowest BCUT2D eigenvalue weighted by molar-refractivity contribution is -0.121. The number of thioether (sulfide) groups is 1. The van der Waals surface area contributed by atoms with E-state index in [0.717, 1.165) is 5.76 Å². The number of amides is 1. The van der Waals surface area contributed by atoms with E-state index in [1.54, 1.807) is 31.3 Å². The number of aliphatic imine (C=N–C) groups is 1. The molecule has 1 aliphatic heterocycles. The summed E-state index contributed by atoms with van der Waals surface area (Å²) in [7, 11) is 1.63. The van der Waals surface area contributed by atoms with Crippen LogP contribution in [0.5, 0.6) is 0 Å². The number of carbonyl (C=O) groups is 2. The molecule has 7 heteroatoms. The lowest BCUT2D eigenvalue weighted by atomic mass is 10.2. The fourth-order valence-corrected chi connectivity index (χ4v) is 3.10. The molecule has 1 aromatic heterocycles. The normalized spacial score (nSPS) is 17.9. The number of furan rings is 1. The summed E-state index contributed by atoms with van der Waals surface area (Å²) < 4.78 is 5.46. The van der Waals surface area contributed by atoms with Crippen molar-refractivity contribution in [1.82, 2.24) is 4.90 Å². The average molecular weight is 342 g/mol. The Hall–Kier alpha value is -2.80. The number of carbonyl (C=O) groups excluding carboxylic acids is 1. The molecule has 1 saturated heterocycles. The van der Waals surface area contributed by atoms with E-state index in [0.29, 0.717) is 21.5 Å². The Bertz CT molecular complexity index is 882. The number of hydrogen-bond donors (Lipinski definition) is 1. The average Bonchev–Trinajstić information content (AvgIpc) is 3.07. The van der Waals surface area contributed by atoms with Crippen molar-refractivity contribution in [3.63, 3.8) is 0 Å². The predicted molar refractivity (Wildman–Crippen MR) is 92.3 cm³/mol. The molecular weight excluding hydrogens is 328 g/mol. The van der Waals surface area contributed by atoms with Crippen LogP contribution in [0.2, 0.25) is 0 Å². The number of amidine groups is 1. The summed E-state index contributed by atoms with van der Waals surface area (Å²) >= 11 is 1.22. The number of hydrogen-bond acceptors (Lipinski definition) is 5. The molecule has 0 bridgehead atoms. The van der Waals surface area contributed by atoms with Crippen LogP contribution in [-0.4, -0.2) is 34.1 Å². The van der Waals surface area contributed by atoms with Crippen molar-refractivity contribution in [2.24, 2.45) is 4.99 Å². The molecule has 6 nitrogen and oxygen atoms in total. The molecule has 0 aliphatic carbocycles. The van der Waals surface area contributed by atoms with Crippen molar-refractivity contribution in [3.05, 3.63) is 58.4 Å². The van der Waals surface area contributed by atoms with Crippen molar-refractivity contribution >= 4 is 40.6 Å². The Morgan fingerprint density at radius 1 is 1.33 bits per heavy atom. The van der Waals surface area contributed by atoms with Gasteiger partial charge >= 0.3 is 5.97 Å². The van der Waals surface area contributed by atoms with E-state index in [1.165, 1.54) is 28.8 Å². The first kappa shape index (κ1) is 16.1. The van der Waals surface area contributed by atoms with Gasteiger partial charge in [0.05, 0.1) is 16.2 Å². The first-order valence-corrected chi connectivity index (χ1v) is 7.92. The van der Waals surface area contributed by atoms with Gasteiger partial charge in [0.2, 0.25) is 0 Å². The van der Waals surface area contributed by atoms with Crippen LogP contribution >= 0.6 is 11.8 Å². The minimum Gasteiger partial charge on any atom is -0.478 e. The number of carboxylic acid groups (broad SMARTS) is 1. The smallest absolute Gasteiger partial charge is 0.335 e. The van der Waals surface area contributed by atoms with Crippen molar-refractivity contribution < 1.29 is 19.1 Å². The van der Waals surface area contributed by atoms with Crippen LogP contribution in [0.3, 0.4) is 0 Å². The summed E-state index contributed by atoms with van der Waals surface area (Å²) in [6.45, 7) is 1.83. The molecule has 2 aromatic rings. The van der Waals surface area contributed by atoms with Crippen LogP contribution in [-0.2, 0) is 4.79 Å². The fraction of sp³-hybridized carbons (Fsp3) is 0.118. The largest absolute Gasteiger partial charge is 0.478 e. The zero-order chi connectivity index (χ0) is 17.3. The molecule has 1 aromatic carbocycles. The fourth-order valence-electron chi connectivity index (χ4n) is 2.13. The first-order chi connectivity index (χ1) is 11.4. The van der Waals surface area contributed by atoms with Gasteiger partial charge in [0, 0.05) is 13.1 Å². The van der Waals surface area contributed by atoms with E-state index in [9.17, 15) is 9.59 Å². The summed E-state index contributed by atoms with van der Waals surface area (Å²) in [6.07, 6.45) is 1.67. The standard InChI is InChI=1S/C17H14N2O4S/c1-10-6-7-13(23-10)9-14-15(20)19(2)17(24-14)18-12-5-3-4-11(8-12)16(21)22/h3-9H,1-2H3,(H,21,22)/b14-9+,18-17?. The molecule has 2 heterocycles. The van der Waals surface area contributed by atoms with E-state index in [1.807, 2.05) is 13.0 Å². The Morgan fingerprint density at radius 3 is 2.79 bits per heavy atom. The summed E-state index contributed by atoms with van der Waals surface area (Å²) in [5.41, 5.74) is 0.628. The third-order valence-corrected chi connectivity index (χ3v) is 4.42. The number of aryl methyl sites for hydroxylation is 1. The second-order valence-corrected chi connectivity index (χ2v) is 6.18. The number of benzene rings is 1. The second-order valence-electron chi connectivity index (χ2n) is 5.17. The SMILES string of the molecule is Cc1ccc(/C=C2/SC(=Nc3cccc(C(=O)O)c3)N(C)C2=O)o1. The van der Waals surface area contributed by atoms with E-state index in [2.05, 4.69) is 4.99 Å². The van der Waals surface area contributed by atoms with Gasteiger partial charge in [0.15, 0.2) is 5.17 Å². The van der Waals surface area contributed by atoms with Gasteiger partial charge in [0.1, 0.15) is 11.5 Å². The number of nitrogens with zero attached hydrogens (tertiary/aromatic N) is 2. The van der Waals surface area contributed by atoms with Gasteiger partial charge in [-0.05, 0) is 49.0 Å². The van der Waals surface area contributed by atoms with E-state index < -0.39 is 5.97 Å². The van der Waals surface area contributed by atoms with Crippen LogP contribution in [0.1, 0.15) is 21.9 Å². The lowest BCUT2D eigenvalue weighted by Gasteiger charge is -2.07. The van der Waals surface area contributed by atoms with Gasteiger partial charge in [-0.15, -0.1) is 0 Å². The molecule has 0 spiro atoms. The molecule has 122 valence electrons. The third kappa shape index (κ3) is 3.26. The molecule has 1 amide bonds. The van der Waals surface area contributed by atoms with Crippen molar-refractivity contribution in [1.29, 1.82) is 0 Å². The topological polar surface area (TPSA) is 83.1 Å². The zero-order valence-electron chi connectivity index (χ0n) is 13.0. The Balaban J connectivity index is 1.90. The molecule has 3 rings (SSSR count). The molecular formula is C17H14N2O4S. The maximum Gasteiger partial charge on any atom is 0.335 e. The minimum absolute atomic E-state index is 0.149. The highest BCUT2D eigenvalue weighted by atomic mass is 32.2. The minimum atomic E-state index is -1.02. The number of rotatable bonds is 3. The summed E-state index contributed by atoms with van der Waals surface area (Å²) in [4.78, 5) is 29.6. The van der Waals surface area contributed by atoms with E-state index in [4.69, 9.17) is 9.52 Å². The van der Waals surface area contributed by atoms with Crippen LogP contribution in [0.4, 0.5) is 5.69 Å². The number of likely N-dealkylation sites (N-methyl/N-ethyl adjacent to an activating group) is 1. The Kier molecular flexibility index (Phi) is 4.26. The van der Waals surface area contributed by atoms with E-state index >= 15 is 0 Å². The molecule has 0 atom stereocenters. The molecule has 0 unspecified atom stereocenters. The van der Waals surface area contributed by atoms with Gasteiger partial charge in [0.25, 0.3) is 5.91 Å². The maximum atomic E-state index is 12.3. The molecule has 1 fully saturated rings. The van der Waals surface area contributed by atoms with Crippen LogP contribution in [0.15, 0.2) is 50.7 Å². The van der Waals surface area contributed by atoms with Gasteiger partial charge in [-0.2, -0.15) is 0 Å². The van der Waals surface area contributed by atoms with Gasteiger partial charge in [-0.3, -0.25) is 9.69 Å². The molecule has 0 saturated carbocycles. The third-order valence-electron chi connectivity index (χ3n) is 3.36. The summed E-state index contributed by atoms with van der Waals surface area (Å²) in [5.74, 6) is 0.174. The Morgan fingerprint density at radius 2 is 2.12 bits per heavy atom. The van der Waals surface area contributed by atoms with Crippen molar-refractivity contribution in [3.8, 4) is 0 Å². The number of aromatic carboxylic acids is 1. The highest BCUT2D eigenvalue weighted by Gasteiger charge is 2.30. The summed E-state index contributed by atoms with van der Waals surface area (Å²) in [6, 6.07) is 9.88. The molecule has 1 aliphatic rings. The monoisotopic (exact) mass is 342 g/mol. The highest BCUT2D eigenvalue weighted by molar-refractivity contribution is 8.18. The highest BCUT2D eigenvalue weighted by Crippen LogP contribution is 2.33. The molecule has 24 heavy (non-hydrogen) atoms. The lowest BCUT2D eigenvalue weighted by Crippen LogP contribution is -2.23. The van der Waals surface area contributed by atoms with Crippen LogP contribution in [0.25, 0.3) is 6.08 Å². The van der Waals surface area contributed by atoms with E-state index in [-0.39, 0.29) is 11.5 Å². The number of carboxylic acids is 1. The van der Waals surface area contributed by atoms with Crippen LogP contribution < -0.4 is 0 Å². The molecule has 0 radical (unpaired) electrons. The van der Waals surface area contributed by atoms with Crippen LogP contribution in [0, 0.1) is 6.92 Å². The quantitative estimate of drug-likeness (QED) is 0.863. The zero-order valence-corrected chi connectivity index (χ0v) is 13.8. The Labute approximate surface area is 142 Å². The molecule has 1 N–H and O–H groups in total. The van der Waals surface area contributed by atoms with Crippen molar-refractivity contribution in [2.75, 3.05) is 7.05 Å². The first-order valence-electron chi connectivity index (χ1n) is 7.10. The van der Waals surface area contributed by atoms with Gasteiger partial charge in [-0.1, -0.05) is 6.07 Å². The van der Waals surface area contributed by atoms with Crippen molar-refractivity contribution in [2.45, 2.75) is 6.92 Å². The maximum absolute atomic E-state index is 12.3. The predicted octanol–water partition coefficient (Wildman–Crippen LogP) is 3.52. The second kappa shape index (κ2) is 6.37. The summed E-state index contributed by atoms with van der Waals surface area (Å²) in [5, 5.41) is 9.52. The van der Waals surface area contributed by atoms with Gasteiger partial charge < -0.3 is 9.52 Å². The van der Waals surface area contributed by atoms with Gasteiger partial charge in [-0.25, -0.2) is 9.79 Å².